The topological polar surface area (TPSA) is 32.3 Å². The number of nitrogens with one attached hydrogen (secondary N) is 1. The summed E-state index contributed by atoms with van der Waals surface area (Å²) < 4.78 is 0. The first-order valence-corrected chi connectivity index (χ1v) is 7.53. The summed E-state index contributed by atoms with van der Waals surface area (Å²) in [7, 11) is 0. The lowest BCUT2D eigenvalue weighted by atomic mass is 9.64. The van der Waals surface area contributed by atoms with Crippen LogP contribution in [0.4, 0.5) is 0 Å². The van der Waals surface area contributed by atoms with Gasteiger partial charge in [0.2, 0.25) is 0 Å². The highest BCUT2D eigenvalue weighted by molar-refractivity contribution is 4.91. The lowest BCUT2D eigenvalue weighted by Crippen LogP contribution is -2.43. The highest BCUT2D eigenvalue weighted by Crippen LogP contribution is 2.43. The van der Waals surface area contributed by atoms with E-state index in [0.29, 0.717) is 5.41 Å². The minimum Gasteiger partial charge on any atom is -0.393 e. The van der Waals surface area contributed by atoms with Crippen molar-refractivity contribution in [1.29, 1.82) is 0 Å². The first-order chi connectivity index (χ1) is 8.14. The van der Waals surface area contributed by atoms with Gasteiger partial charge in [-0.1, -0.05) is 33.6 Å². The molecular formula is C15H31NO. The van der Waals surface area contributed by atoms with Crippen molar-refractivity contribution in [2.24, 2.45) is 11.3 Å². The zero-order chi connectivity index (χ0) is 12.7. The van der Waals surface area contributed by atoms with Crippen molar-refractivity contribution in [2.45, 2.75) is 71.8 Å². The minimum absolute atomic E-state index is 0.0388. The van der Waals surface area contributed by atoms with Gasteiger partial charge in [0, 0.05) is 6.54 Å². The smallest absolute Gasteiger partial charge is 0.0540 e. The summed E-state index contributed by atoms with van der Waals surface area (Å²) >= 11 is 0. The van der Waals surface area contributed by atoms with Gasteiger partial charge < -0.3 is 10.4 Å². The molecule has 0 aliphatic heterocycles. The molecule has 0 aromatic carbocycles. The molecule has 1 unspecified atom stereocenters. The molecule has 1 aliphatic carbocycles. The highest BCUT2D eigenvalue weighted by Gasteiger charge is 2.38. The summed E-state index contributed by atoms with van der Waals surface area (Å²) in [5.74, 6) is 0.782. The number of aliphatic hydroxyl groups excluding tert-OH is 1. The Hall–Kier alpha value is -0.0800. The second kappa shape index (κ2) is 7.38. The molecule has 2 nitrogen and oxygen atoms in total. The average Bonchev–Trinajstić information content (AvgIpc) is 2.32. The van der Waals surface area contributed by atoms with Gasteiger partial charge in [-0.05, 0) is 50.0 Å². The van der Waals surface area contributed by atoms with Crippen LogP contribution in [0.25, 0.3) is 0 Å². The van der Waals surface area contributed by atoms with E-state index in [1.807, 2.05) is 0 Å². The molecule has 0 radical (unpaired) electrons. The first kappa shape index (κ1) is 15.0. The Labute approximate surface area is 107 Å². The van der Waals surface area contributed by atoms with Gasteiger partial charge in [-0.2, -0.15) is 0 Å². The van der Waals surface area contributed by atoms with E-state index in [1.54, 1.807) is 0 Å². The molecule has 0 bridgehead atoms. The summed E-state index contributed by atoms with van der Waals surface area (Å²) in [4.78, 5) is 0. The second-order valence-electron chi connectivity index (χ2n) is 5.96. The van der Waals surface area contributed by atoms with Gasteiger partial charge in [0.05, 0.1) is 6.10 Å². The number of hydrogen-bond acceptors (Lipinski definition) is 2. The van der Waals surface area contributed by atoms with E-state index in [4.69, 9.17) is 0 Å². The number of aliphatic hydroxyl groups is 1. The molecule has 0 aromatic rings. The zero-order valence-corrected chi connectivity index (χ0v) is 12.0. The molecule has 0 amide bonds. The summed E-state index contributed by atoms with van der Waals surface area (Å²) in [6.07, 6.45) is 8.18. The zero-order valence-electron chi connectivity index (χ0n) is 12.0. The van der Waals surface area contributed by atoms with E-state index >= 15 is 0 Å². The van der Waals surface area contributed by atoms with Crippen LogP contribution in [0.5, 0.6) is 0 Å². The summed E-state index contributed by atoms with van der Waals surface area (Å²) in [5, 5.41) is 13.3. The Morgan fingerprint density at radius 1 is 1.24 bits per heavy atom. The third-order valence-electron chi connectivity index (χ3n) is 4.62. The maximum absolute atomic E-state index is 9.70. The normalized spacial score (nSPS) is 31.4. The van der Waals surface area contributed by atoms with E-state index in [0.717, 1.165) is 31.8 Å². The van der Waals surface area contributed by atoms with E-state index in [1.165, 1.54) is 32.1 Å². The first-order valence-electron chi connectivity index (χ1n) is 7.53. The largest absolute Gasteiger partial charge is 0.393 e. The Kier molecular flexibility index (Phi) is 6.50. The molecule has 0 heterocycles. The Bertz CT molecular complexity index is 197. The van der Waals surface area contributed by atoms with E-state index in [2.05, 4.69) is 26.1 Å². The van der Waals surface area contributed by atoms with Crippen molar-refractivity contribution in [1.82, 2.24) is 5.32 Å². The summed E-state index contributed by atoms with van der Waals surface area (Å²) in [6, 6.07) is 0. The Morgan fingerprint density at radius 3 is 2.41 bits per heavy atom. The fourth-order valence-electron chi connectivity index (χ4n) is 3.27. The molecule has 1 rings (SSSR count). The van der Waals surface area contributed by atoms with Crippen LogP contribution in [-0.2, 0) is 0 Å². The molecule has 1 aliphatic rings. The second-order valence-corrected chi connectivity index (χ2v) is 5.96. The van der Waals surface area contributed by atoms with Crippen molar-refractivity contribution in [2.75, 3.05) is 13.1 Å². The quantitative estimate of drug-likeness (QED) is 0.670. The van der Waals surface area contributed by atoms with Crippen molar-refractivity contribution in [3.05, 3.63) is 0 Å². The highest BCUT2D eigenvalue weighted by atomic mass is 16.3. The third kappa shape index (κ3) is 4.26. The predicted molar refractivity (Wildman–Crippen MR) is 74.1 cm³/mol. The maximum atomic E-state index is 9.70. The van der Waals surface area contributed by atoms with Crippen molar-refractivity contribution >= 4 is 0 Å². The van der Waals surface area contributed by atoms with Crippen LogP contribution in [0.15, 0.2) is 0 Å². The van der Waals surface area contributed by atoms with Crippen LogP contribution in [0, 0.1) is 11.3 Å². The van der Waals surface area contributed by atoms with Crippen molar-refractivity contribution < 1.29 is 5.11 Å². The van der Waals surface area contributed by atoms with Crippen molar-refractivity contribution in [3.8, 4) is 0 Å². The Balaban J connectivity index is 2.56. The summed E-state index contributed by atoms with van der Waals surface area (Å²) in [6.45, 7) is 9.19. The van der Waals surface area contributed by atoms with Crippen LogP contribution < -0.4 is 5.32 Å². The van der Waals surface area contributed by atoms with Crippen LogP contribution in [0.1, 0.15) is 65.7 Å². The molecule has 1 saturated carbocycles. The van der Waals surface area contributed by atoms with E-state index < -0.39 is 0 Å². The molecule has 2 heteroatoms. The minimum atomic E-state index is -0.0388. The Morgan fingerprint density at radius 2 is 1.88 bits per heavy atom. The third-order valence-corrected chi connectivity index (χ3v) is 4.62. The SMILES string of the molecule is CCCNCC1(C(C)CCC)CCC(O)CC1. The van der Waals surface area contributed by atoms with Crippen LogP contribution in [0.3, 0.4) is 0 Å². The van der Waals surface area contributed by atoms with Crippen LogP contribution in [0.2, 0.25) is 0 Å². The average molecular weight is 241 g/mol. The lowest BCUT2D eigenvalue weighted by molar-refractivity contribution is 0.0268. The van der Waals surface area contributed by atoms with E-state index in [9.17, 15) is 5.11 Å². The number of hydrogen-bond donors (Lipinski definition) is 2. The molecule has 1 fully saturated rings. The van der Waals surface area contributed by atoms with Gasteiger partial charge >= 0.3 is 0 Å². The van der Waals surface area contributed by atoms with E-state index in [-0.39, 0.29) is 6.10 Å². The standard InChI is InChI=1S/C15H31NO/c1-4-6-13(3)15(12-16-11-5-2)9-7-14(17)8-10-15/h13-14,16-17H,4-12H2,1-3H3. The van der Waals surface area contributed by atoms with Gasteiger partial charge in [0.25, 0.3) is 0 Å². The molecule has 2 N–H and O–H groups in total. The number of rotatable bonds is 7. The lowest BCUT2D eigenvalue weighted by Gasteiger charge is -2.44. The molecule has 17 heavy (non-hydrogen) atoms. The van der Waals surface area contributed by atoms with Crippen LogP contribution in [-0.4, -0.2) is 24.3 Å². The van der Waals surface area contributed by atoms with Crippen molar-refractivity contribution in [3.63, 3.8) is 0 Å². The molecule has 1 atom stereocenters. The monoisotopic (exact) mass is 241 g/mol. The molecule has 0 aromatic heterocycles. The van der Waals surface area contributed by atoms with Gasteiger partial charge in [0.1, 0.15) is 0 Å². The fraction of sp³-hybridized carbons (Fsp3) is 1.00. The summed E-state index contributed by atoms with van der Waals surface area (Å²) in [5.41, 5.74) is 0.449. The maximum Gasteiger partial charge on any atom is 0.0540 e. The van der Waals surface area contributed by atoms with Gasteiger partial charge in [-0.15, -0.1) is 0 Å². The predicted octanol–water partition coefficient (Wildman–Crippen LogP) is 3.34. The van der Waals surface area contributed by atoms with Crippen LogP contribution >= 0.6 is 0 Å². The molecular weight excluding hydrogens is 210 g/mol. The van der Waals surface area contributed by atoms with Gasteiger partial charge in [-0.25, -0.2) is 0 Å². The van der Waals surface area contributed by atoms with Gasteiger partial charge in [0.15, 0.2) is 0 Å². The molecule has 0 spiro atoms. The molecule has 0 saturated heterocycles. The fourth-order valence-corrected chi connectivity index (χ4v) is 3.27. The van der Waals surface area contributed by atoms with Gasteiger partial charge in [-0.3, -0.25) is 0 Å². The molecule has 102 valence electrons.